The zero-order valence-electron chi connectivity index (χ0n) is 9.97. The predicted molar refractivity (Wildman–Crippen MR) is 70.2 cm³/mol. The first kappa shape index (κ1) is 12.1. The fraction of sp³-hybridized carbons (Fsp3) is 0.308. The highest BCUT2D eigenvalue weighted by Gasteiger charge is 2.19. The summed E-state index contributed by atoms with van der Waals surface area (Å²) < 4.78 is 1.82. The van der Waals surface area contributed by atoms with Crippen LogP contribution in [0.5, 0.6) is 0 Å². The molecule has 1 heterocycles. The molecule has 0 radical (unpaired) electrons. The number of aryl methyl sites for hydroxylation is 1. The van der Waals surface area contributed by atoms with Crippen molar-refractivity contribution >= 4 is 11.6 Å². The molecule has 1 aromatic heterocycles. The molecule has 17 heavy (non-hydrogen) atoms. The summed E-state index contributed by atoms with van der Waals surface area (Å²) in [7, 11) is 0. The molecule has 0 saturated carbocycles. The SMILES string of the molecule is Cc1cccc(C(C(C)N)n2cc(Cl)cn2)c1. The lowest BCUT2D eigenvalue weighted by molar-refractivity contribution is 0.454. The van der Waals surface area contributed by atoms with Crippen molar-refractivity contribution in [1.29, 1.82) is 0 Å². The average molecular weight is 250 g/mol. The molecule has 2 N–H and O–H groups in total. The highest BCUT2D eigenvalue weighted by molar-refractivity contribution is 6.30. The Morgan fingerprint density at radius 2 is 2.18 bits per heavy atom. The summed E-state index contributed by atoms with van der Waals surface area (Å²) >= 11 is 5.90. The minimum Gasteiger partial charge on any atom is -0.326 e. The number of rotatable bonds is 3. The Morgan fingerprint density at radius 1 is 1.41 bits per heavy atom. The van der Waals surface area contributed by atoms with Gasteiger partial charge in [0, 0.05) is 12.2 Å². The number of benzene rings is 1. The molecular formula is C13H16ClN3. The molecule has 0 spiro atoms. The van der Waals surface area contributed by atoms with E-state index < -0.39 is 0 Å². The van der Waals surface area contributed by atoms with Crippen molar-refractivity contribution in [2.45, 2.75) is 25.9 Å². The summed E-state index contributed by atoms with van der Waals surface area (Å²) in [4.78, 5) is 0. The van der Waals surface area contributed by atoms with Gasteiger partial charge in [0.2, 0.25) is 0 Å². The predicted octanol–water partition coefficient (Wildman–Crippen LogP) is 2.78. The second-order valence-electron chi connectivity index (χ2n) is 4.36. The first-order valence-corrected chi connectivity index (χ1v) is 5.97. The molecule has 0 aliphatic heterocycles. The van der Waals surface area contributed by atoms with Gasteiger partial charge in [-0.05, 0) is 19.4 Å². The van der Waals surface area contributed by atoms with Crippen LogP contribution >= 0.6 is 11.6 Å². The molecule has 0 aliphatic rings. The second kappa shape index (κ2) is 4.90. The van der Waals surface area contributed by atoms with E-state index in [4.69, 9.17) is 17.3 Å². The van der Waals surface area contributed by atoms with Gasteiger partial charge < -0.3 is 5.73 Å². The third-order valence-corrected chi connectivity index (χ3v) is 2.93. The van der Waals surface area contributed by atoms with E-state index >= 15 is 0 Å². The summed E-state index contributed by atoms with van der Waals surface area (Å²) in [6, 6.07) is 8.28. The van der Waals surface area contributed by atoms with Crippen LogP contribution in [0.1, 0.15) is 24.1 Å². The molecule has 4 heteroatoms. The summed E-state index contributed by atoms with van der Waals surface area (Å²) in [5.74, 6) is 0. The zero-order chi connectivity index (χ0) is 12.4. The van der Waals surface area contributed by atoms with Crippen LogP contribution in [0.2, 0.25) is 5.02 Å². The smallest absolute Gasteiger partial charge is 0.0917 e. The van der Waals surface area contributed by atoms with E-state index in [0.29, 0.717) is 5.02 Å². The van der Waals surface area contributed by atoms with Crippen LogP contribution in [0.15, 0.2) is 36.7 Å². The van der Waals surface area contributed by atoms with Gasteiger partial charge in [0.1, 0.15) is 0 Å². The van der Waals surface area contributed by atoms with Crippen LogP contribution in [0.25, 0.3) is 0 Å². The Bertz CT molecular complexity index is 505. The monoisotopic (exact) mass is 249 g/mol. The van der Waals surface area contributed by atoms with Crippen LogP contribution in [0, 0.1) is 6.92 Å². The van der Waals surface area contributed by atoms with Crippen molar-refractivity contribution in [2.24, 2.45) is 5.73 Å². The summed E-state index contributed by atoms with van der Waals surface area (Å²) in [5.41, 5.74) is 8.42. The molecule has 2 aromatic rings. The maximum absolute atomic E-state index is 6.06. The largest absolute Gasteiger partial charge is 0.326 e. The quantitative estimate of drug-likeness (QED) is 0.909. The lowest BCUT2D eigenvalue weighted by Crippen LogP contribution is -2.30. The van der Waals surface area contributed by atoms with Crippen LogP contribution in [-0.2, 0) is 0 Å². The van der Waals surface area contributed by atoms with Crippen LogP contribution in [-0.4, -0.2) is 15.8 Å². The van der Waals surface area contributed by atoms with Crippen molar-refractivity contribution in [1.82, 2.24) is 9.78 Å². The number of nitrogens with zero attached hydrogens (tertiary/aromatic N) is 2. The second-order valence-corrected chi connectivity index (χ2v) is 4.79. The van der Waals surface area contributed by atoms with Gasteiger partial charge in [-0.1, -0.05) is 41.4 Å². The highest BCUT2D eigenvalue weighted by Crippen LogP contribution is 2.22. The Morgan fingerprint density at radius 3 is 2.71 bits per heavy atom. The number of aromatic nitrogens is 2. The molecule has 2 rings (SSSR count). The van der Waals surface area contributed by atoms with Crippen molar-refractivity contribution < 1.29 is 0 Å². The minimum absolute atomic E-state index is 0.0161. The van der Waals surface area contributed by atoms with Crippen molar-refractivity contribution in [3.8, 4) is 0 Å². The lowest BCUT2D eigenvalue weighted by Gasteiger charge is -2.22. The minimum atomic E-state index is -0.0345. The van der Waals surface area contributed by atoms with Crippen LogP contribution in [0.3, 0.4) is 0 Å². The average Bonchev–Trinajstić information content (AvgIpc) is 2.64. The van der Waals surface area contributed by atoms with Crippen LogP contribution in [0.4, 0.5) is 0 Å². The maximum Gasteiger partial charge on any atom is 0.0917 e. The Balaban J connectivity index is 2.42. The van der Waals surface area contributed by atoms with Gasteiger partial charge in [-0.15, -0.1) is 0 Å². The van der Waals surface area contributed by atoms with Crippen molar-refractivity contribution in [2.75, 3.05) is 0 Å². The van der Waals surface area contributed by atoms with Gasteiger partial charge >= 0.3 is 0 Å². The molecular weight excluding hydrogens is 234 g/mol. The Kier molecular flexibility index (Phi) is 3.50. The standard InChI is InChI=1S/C13H16ClN3/c1-9-4-3-5-11(6-9)13(10(2)15)17-8-12(14)7-16-17/h3-8,10,13H,15H2,1-2H3. The highest BCUT2D eigenvalue weighted by atomic mass is 35.5. The molecule has 0 amide bonds. The van der Waals surface area contributed by atoms with E-state index in [2.05, 4.69) is 30.2 Å². The lowest BCUT2D eigenvalue weighted by atomic mass is 9.99. The van der Waals surface area contributed by atoms with Gasteiger partial charge in [-0.3, -0.25) is 4.68 Å². The van der Waals surface area contributed by atoms with Gasteiger partial charge in [0.25, 0.3) is 0 Å². The number of hydrogen-bond acceptors (Lipinski definition) is 2. The maximum atomic E-state index is 6.06. The topological polar surface area (TPSA) is 43.8 Å². The molecule has 0 fully saturated rings. The van der Waals surface area contributed by atoms with E-state index in [-0.39, 0.29) is 12.1 Å². The van der Waals surface area contributed by atoms with E-state index in [1.807, 2.05) is 17.7 Å². The van der Waals surface area contributed by atoms with Gasteiger partial charge in [-0.2, -0.15) is 5.10 Å². The third-order valence-electron chi connectivity index (χ3n) is 2.74. The summed E-state index contributed by atoms with van der Waals surface area (Å²) in [5, 5.41) is 4.88. The van der Waals surface area contributed by atoms with Crippen molar-refractivity contribution in [3.63, 3.8) is 0 Å². The summed E-state index contributed by atoms with van der Waals surface area (Å²) in [6.45, 7) is 4.04. The zero-order valence-corrected chi connectivity index (χ0v) is 10.7. The van der Waals surface area contributed by atoms with E-state index in [0.717, 1.165) is 5.56 Å². The third kappa shape index (κ3) is 2.68. The fourth-order valence-electron chi connectivity index (χ4n) is 2.02. The number of nitrogens with two attached hydrogens (primary N) is 1. The molecule has 0 aliphatic carbocycles. The Labute approximate surface area is 106 Å². The molecule has 1 aromatic carbocycles. The molecule has 2 atom stereocenters. The first-order valence-electron chi connectivity index (χ1n) is 5.59. The van der Waals surface area contributed by atoms with E-state index in [1.165, 1.54) is 5.56 Å². The fourth-order valence-corrected chi connectivity index (χ4v) is 2.16. The molecule has 0 bridgehead atoms. The van der Waals surface area contributed by atoms with Crippen LogP contribution < -0.4 is 5.73 Å². The van der Waals surface area contributed by atoms with Gasteiger partial charge in [-0.25, -0.2) is 0 Å². The number of hydrogen-bond donors (Lipinski definition) is 1. The first-order chi connectivity index (χ1) is 8.08. The molecule has 0 saturated heterocycles. The number of halogens is 1. The molecule has 90 valence electrons. The summed E-state index contributed by atoms with van der Waals surface area (Å²) in [6.07, 6.45) is 3.44. The van der Waals surface area contributed by atoms with Gasteiger partial charge in [0.15, 0.2) is 0 Å². The normalized spacial score (nSPS) is 14.6. The molecule has 2 unspecified atom stereocenters. The molecule has 3 nitrogen and oxygen atoms in total. The van der Waals surface area contributed by atoms with Gasteiger partial charge in [0.05, 0.1) is 17.3 Å². The van der Waals surface area contributed by atoms with E-state index in [1.54, 1.807) is 12.4 Å². The Hall–Kier alpha value is -1.32. The van der Waals surface area contributed by atoms with Crippen molar-refractivity contribution in [3.05, 3.63) is 52.8 Å². The van der Waals surface area contributed by atoms with E-state index in [9.17, 15) is 0 Å².